The van der Waals surface area contributed by atoms with Gasteiger partial charge < -0.3 is 18.3 Å². The maximum atomic E-state index is 7.65. The van der Waals surface area contributed by atoms with E-state index in [4.69, 9.17) is 9.31 Å². The molecule has 8 aromatic carbocycles. The number of benzene rings is 8. The number of nitrogens with zero attached hydrogens (tertiary/aromatic N) is 2. The Morgan fingerprint density at radius 3 is 1.03 bits per heavy atom. The minimum atomic E-state index is -2.13. The average molecular weight is 769 g/mol. The first kappa shape index (κ1) is 34.4. The largest absolute Gasteiger partial charge is 0.647 e. The number of para-hydroxylation sites is 2. The molecule has 6 heteroatoms. The fourth-order valence-electron chi connectivity index (χ4n) is 10.6. The summed E-state index contributed by atoms with van der Waals surface area (Å²) in [4.78, 5) is 0. The standard InChI is InChI=1S/C54H38B2N2O2/c1-3-19-39(20-4-1)43-27-7-11-31-47(43)55(57-37-17-25-41-23-15-35-51(59-55)53(41)57)49-33-13-9-29-45(49)46-30-10-14-34-50(46)56(48-32-12-8-28-44(48)40-21-5-2-6-22-40)58-38-18-26-42-24-16-36-52(60-56)54(42)58/h1-38H/t55-,56-/m1/s1. The molecule has 0 N–H and O–H groups in total. The molecule has 0 unspecified atom stereocenters. The first-order valence-electron chi connectivity index (χ1n) is 20.8. The second-order valence-electron chi connectivity index (χ2n) is 16.0. The van der Waals surface area contributed by atoms with E-state index >= 15 is 0 Å². The van der Waals surface area contributed by atoms with Crippen molar-refractivity contribution in [1.82, 2.24) is 0 Å². The van der Waals surface area contributed by atoms with Crippen molar-refractivity contribution in [2.45, 2.75) is 0 Å². The molecule has 60 heavy (non-hydrogen) atoms. The van der Waals surface area contributed by atoms with Gasteiger partial charge in [0.25, 0.3) is 0 Å². The Bertz CT molecular complexity index is 3070. The minimum absolute atomic E-state index is 0.869. The van der Waals surface area contributed by atoms with Gasteiger partial charge in [0.15, 0.2) is 0 Å². The molecule has 282 valence electrons. The number of rotatable bonds is 7. The maximum Gasteiger partial charge on any atom is 0.515 e. The van der Waals surface area contributed by atoms with Crippen molar-refractivity contribution in [1.29, 1.82) is 0 Å². The zero-order valence-corrected chi connectivity index (χ0v) is 32.8. The molecule has 0 fully saturated rings. The molecular formula is C54H38B2N2O2. The van der Waals surface area contributed by atoms with Crippen LogP contribution in [0.15, 0.2) is 231 Å². The summed E-state index contributed by atoms with van der Waals surface area (Å²) in [7, 11) is 0. The van der Waals surface area contributed by atoms with E-state index in [1.54, 1.807) is 0 Å². The third kappa shape index (κ3) is 4.88. The van der Waals surface area contributed by atoms with E-state index in [-0.39, 0.29) is 0 Å². The summed E-state index contributed by atoms with van der Waals surface area (Å²) in [5, 5.41) is 2.27. The summed E-state index contributed by atoms with van der Waals surface area (Å²) in [5.41, 5.74) is 13.3. The van der Waals surface area contributed by atoms with Gasteiger partial charge in [0.05, 0.1) is 0 Å². The van der Waals surface area contributed by atoms with E-state index in [1.807, 2.05) is 0 Å². The van der Waals surface area contributed by atoms with Crippen molar-refractivity contribution >= 4 is 56.6 Å². The van der Waals surface area contributed by atoms with Gasteiger partial charge in [-0.25, -0.2) is 0 Å². The summed E-state index contributed by atoms with van der Waals surface area (Å²) >= 11 is 0. The summed E-state index contributed by atoms with van der Waals surface area (Å²) in [5.74, 6) is 1.74. The molecule has 0 saturated carbocycles. The average Bonchev–Trinajstić information content (AvgIpc) is 3.86. The number of aromatic nitrogens is 2. The van der Waals surface area contributed by atoms with E-state index in [0.29, 0.717) is 0 Å². The van der Waals surface area contributed by atoms with Crippen LogP contribution in [0.3, 0.4) is 0 Å². The lowest BCUT2D eigenvalue weighted by molar-refractivity contribution is -0.515. The van der Waals surface area contributed by atoms with Crippen LogP contribution in [-0.2, 0) is 0 Å². The van der Waals surface area contributed by atoms with Gasteiger partial charge in [-0.1, -0.05) is 192 Å². The Hall–Kier alpha value is -7.69. The van der Waals surface area contributed by atoms with Crippen LogP contribution in [0.2, 0.25) is 0 Å². The molecule has 0 bridgehead atoms. The topological polar surface area (TPSA) is 26.2 Å². The molecule has 0 aliphatic carbocycles. The molecular weight excluding hydrogens is 730 g/mol. The smallest absolute Gasteiger partial charge is 0.515 e. The van der Waals surface area contributed by atoms with Crippen molar-refractivity contribution in [3.63, 3.8) is 0 Å². The predicted molar refractivity (Wildman–Crippen MR) is 246 cm³/mol. The van der Waals surface area contributed by atoms with Crippen molar-refractivity contribution < 1.29 is 18.3 Å². The van der Waals surface area contributed by atoms with Crippen LogP contribution in [0.25, 0.3) is 55.2 Å². The molecule has 2 atom stereocenters. The Morgan fingerprint density at radius 2 is 0.617 bits per heavy atom. The highest BCUT2D eigenvalue weighted by atomic mass is 16.5. The molecule has 0 saturated heterocycles. The zero-order valence-electron chi connectivity index (χ0n) is 32.8. The second-order valence-corrected chi connectivity index (χ2v) is 16.0. The van der Waals surface area contributed by atoms with Gasteiger partial charge in [-0.05, 0) is 81.9 Å². The summed E-state index contributed by atoms with van der Waals surface area (Å²) < 4.78 is 20.1. The normalized spacial score (nSPS) is 17.4. The number of hydrogen-bond acceptors (Lipinski definition) is 2. The van der Waals surface area contributed by atoms with E-state index in [9.17, 15) is 0 Å². The first-order valence-corrected chi connectivity index (χ1v) is 20.8. The van der Waals surface area contributed by atoms with Crippen LogP contribution >= 0.6 is 0 Å². The van der Waals surface area contributed by atoms with Crippen molar-refractivity contribution in [2.75, 3.05) is 0 Å². The fraction of sp³-hybridized carbons (Fsp3) is 0. The fourth-order valence-corrected chi connectivity index (χ4v) is 10.6. The quantitative estimate of drug-likeness (QED) is 0.152. The molecule has 4 nitrogen and oxygen atoms in total. The van der Waals surface area contributed by atoms with E-state index in [1.165, 1.54) is 0 Å². The molecule has 12 rings (SSSR count). The maximum absolute atomic E-state index is 7.65. The van der Waals surface area contributed by atoms with Gasteiger partial charge in [-0.3, -0.25) is 0 Å². The highest BCUT2D eigenvalue weighted by Crippen LogP contribution is 2.36. The Kier molecular flexibility index (Phi) is 7.69. The summed E-state index contributed by atoms with van der Waals surface area (Å²) in [6.07, 6.45) is 4.41. The molecule has 0 spiro atoms. The number of pyridine rings is 2. The van der Waals surface area contributed by atoms with Crippen molar-refractivity contribution in [3.05, 3.63) is 231 Å². The molecule has 2 aromatic heterocycles. The van der Waals surface area contributed by atoms with Crippen LogP contribution < -0.4 is 40.1 Å². The first-order chi connectivity index (χ1) is 29.8. The lowest BCUT2D eigenvalue weighted by atomic mass is 9.37. The molecule has 0 radical (unpaired) electrons. The lowest BCUT2D eigenvalue weighted by Gasteiger charge is -2.37. The van der Waals surface area contributed by atoms with E-state index in [2.05, 4.69) is 240 Å². The van der Waals surface area contributed by atoms with Crippen LogP contribution in [0, 0.1) is 0 Å². The van der Waals surface area contributed by atoms with Gasteiger partial charge in [-0.15, -0.1) is 0 Å². The second kappa shape index (κ2) is 13.4. The van der Waals surface area contributed by atoms with Gasteiger partial charge in [0.2, 0.25) is 11.0 Å². The highest BCUT2D eigenvalue weighted by molar-refractivity contribution is 6.95. The zero-order chi connectivity index (χ0) is 39.7. The van der Waals surface area contributed by atoms with E-state index < -0.39 is 13.0 Å². The Labute approximate surface area is 349 Å². The van der Waals surface area contributed by atoms with Crippen LogP contribution in [0.5, 0.6) is 11.5 Å². The lowest BCUT2D eigenvalue weighted by Crippen LogP contribution is -2.81. The van der Waals surface area contributed by atoms with Gasteiger partial charge >= 0.3 is 13.0 Å². The van der Waals surface area contributed by atoms with Gasteiger partial charge in [0, 0.05) is 10.8 Å². The summed E-state index contributed by atoms with van der Waals surface area (Å²) in [6.45, 7) is -4.27. The molecule has 0 amide bonds. The summed E-state index contributed by atoms with van der Waals surface area (Å²) in [6, 6.07) is 78.1. The van der Waals surface area contributed by atoms with Gasteiger partial charge in [0.1, 0.15) is 23.9 Å². The third-order valence-corrected chi connectivity index (χ3v) is 13.0. The van der Waals surface area contributed by atoms with Gasteiger partial charge in [-0.2, -0.15) is 0 Å². The molecule has 2 aliphatic heterocycles. The minimum Gasteiger partial charge on any atom is -0.647 e. The Morgan fingerprint density at radius 1 is 0.283 bits per heavy atom. The Balaban J connectivity index is 1.18. The molecule has 10 aromatic rings. The van der Waals surface area contributed by atoms with Crippen LogP contribution in [-0.4, -0.2) is 13.0 Å². The number of hydrogen-bond donors (Lipinski definition) is 0. The van der Waals surface area contributed by atoms with Crippen molar-refractivity contribution in [3.8, 4) is 44.9 Å². The SMILES string of the molecule is c1ccc(-c2ccccc2[B@-]2(c3ccccc3-c3ccccc3[B@@-]3(c4ccccc4-c4ccccc4)Oc4cccc5ccc[n+]3c45)Oc3cccc4ccc[n+]2c34)cc1. The predicted octanol–water partition coefficient (Wildman–Crippen LogP) is 8.56. The van der Waals surface area contributed by atoms with Crippen LogP contribution in [0.1, 0.15) is 0 Å². The molecule has 2 aliphatic rings. The van der Waals surface area contributed by atoms with Crippen molar-refractivity contribution in [2.24, 2.45) is 0 Å². The molecule has 4 heterocycles. The highest BCUT2D eigenvalue weighted by Gasteiger charge is 2.55. The third-order valence-electron chi connectivity index (χ3n) is 13.0. The van der Waals surface area contributed by atoms with Crippen LogP contribution in [0.4, 0.5) is 0 Å². The van der Waals surface area contributed by atoms with E-state index in [0.717, 1.165) is 88.5 Å². The monoisotopic (exact) mass is 768 g/mol.